The van der Waals surface area contributed by atoms with E-state index in [-0.39, 0.29) is 13.0 Å². The Morgan fingerprint density at radius 1 is 1.18 bits per heavy atom. The molecule has 0 amide bonds. The van der Waals surface area contributed by atoms with Crippen molar-refractivity contribution in [2.24, 2.45) is 0 Å². The van der Waals surface area contributed by atoms with Crippen LogP contribution in [-0.4, -0.2) is 40.9 Å². The Labute approximate surface area is 222 Å². The molecule has 12 heteroatoms. The van der Waals surface area contributed by atoms with E-state index in [2.05, 4.69) is 6.07 Å². The van der Waals surface area contributed by atoms with Gasteiger partial charge >= 0.3 is 5.97 Å². The van der Waals surface area contributed by atoms with Crippen LogP contribution in [-0.2, 0) is 21.5 Å². The second-order valence-corrected chi connectivity index (χ2v) is 11.2. The lowest BCUT2D eigenvalue weighted by molar-refractivity contribution is -0.657. The van der Waals surface area contributed by atoms with Crippen LogP contribution < -0.4 is 14.2 Å². The number of rotatable bonds is 9. The minimum Gasteiger partial charge on any atom is -0.748 e. The third-order valence-corrected chi connectivity index (χ3v) is 7.94. The van der Waals surface area contributed by atoms with Gasteiger partial charge < -0.3 is 23.9 Å². The van der Waals surface area contributed by atoms with Crippen molar-refractivity contribution < 1.29 is 32.2 Å². The smallest absolute Gasteiger partial charge is 0.370 e. The maximum absolute atomic E-state index is 11.7. The van der Waals surface area contributed by atoms with E-state index in [9.17, 15) is 28.1 Å². The lowest BCUT2D eigenvalue weighted by Crippen LogP contribution is -2.39. The number of aromatic nitrogens is 2. The summed E-state index contributed by atoms with van der Waals surface area (Å²) < 4.78 is 43.8. The third kappa shape index (κ3) is 5.40. The third-order valence-electron chi connectivity index (χ3n) is 6.04. The summed E-state index contributed by atoms with van der Waals surface area (Å²) in [5, 5.41) is 19.5. The lowest BCUT2D eigenvalue weighted by atomic mass is 10.2. The number of ether oxygens (including phenoxy) is 1. The van der Waals surface area contributed by atoms with Crippen LogP contribution in [0.4, 0.5) is 5.69 Å². The molecule has 3 heterocycles. The quantitative estimate of drug-likeness (QED) is 0.190. The highest BCUT2D eigenvalue weighted by molar-refractivity contribution is 7.85. The van der Waals surface area contributed by atoms with Gasteiger partial charge in [-0.2, -0.15) is 9.83 Å². The first-order chi connectivity index (χ1) is 18.2. The number of hydrogen-bond acceptors (Lipinski definition) is 8. The number of anilines is 1. The Balaban J connectivity index is 1.55. The molecule has 2 aromatic heterocycles. The summed E-state index contributed by atoms with van der Waals surface area (Å²) in [4.78, 5) is 13.6. The molecule has 5 rings (SSSR count). The molecular formula is C26H22N4O6S2. The average molecular weight is 551 g/mol. The van der Waals surface area contributed by atoms with Gasteiger partial charge in [-0.25, -0.2) is 13.2 Å². The fourth-order valence-electron chi connectivity index (χ4n) is 4.33. The molecular weight excluding hydrogens is 528 g/mol. The van der Waals surface area contributed by atoms with Crippen molar-refractivity contribution in [2.75, 3.05) is 17.2 Å². The Kier molecular flexibility index (Phi) is 6.90. The Bertz CT molecular complexity index is 1700. The highest BCUT2D eigenvalue weighted by atomic mass is 32.2. The molecule has 0 saturated heterocycles. The first kappa shape index (κ1) is 25.5. The zero-order valence-corrected chi connectivity index (χ0v) is 21.6. The summed E-state index contributed by atoms with van der Waals surface area (Å²) in [6.07, 6.45) is 6.20. The molecule has 0 fully saturated rings. The standard InChI is InChI=1S/C26H22N4O6S2/c27-16-18-5-8-23-21(13-18)30(17-26(31)32)25(37-23)15-24-29(11-3-4-12-38(33,34)35)20-14-19(6-7-22(20)36-24)28-9-1-2-10-28/h1-2,5-10,13-15H,3-4,11-12,17H2,(H-,31,32,33,34,35). The van der Waals surface area contributed by atoms with Crippen molar-refractivity contribution in [2.45, 2.75) is 19.4 Å². The second kappa shape index (κ2) is 10.3. The summed E-state index contributed by atoms with van der Waals surface area (Å²) in [5.74, 6) is -0.436. The molecule has 0 unspecified atom stereocenters. The maximum atomic E-state index is 11.7. The molecule has 0 radical (unpaired) electrons. The van der Waals surface area contributed by atoms with E-state index < -0.39 is 21.8 Å². The van der Waals surface area contributed by atoms with Crippen molar-refractivity contribution in [3.05, 3.63) is 77.4 Å². The monoisotopic (exact) mass is 550 g/mol. The molecule has 38 heavy (non-hydrogen) atoms. The van der Waals surface area contributed by atoms with E-state index >= 15 is 0 Å². The molecule has 1 aliphatic rings. The molecule has 194 valence electrons. The van der Waals surface area contributed by atoms with E-state index in [0.29, 0.717) is 40.7 Å². The number of thiazole rings is 1. The van der Waals surface area contributed by atoms with Crippen LogP contribution in [0, 0.1) is 11.3 Å². The summed E-state index contributed by atoms with van der Waals surface area (Å²) >= 11 is 1.37. The molecule has 2 aromatic carbocycles. The van der Waals surface area contributed by atoms with Gasteiger partial charge in [-0.05, 0) is 55.3 Å². The summed E-state index contributed by atoms with van der Waals surface area (Å²) in [5.41, 5.74) is 2.72. The first-order valence-corrected chi connectivity index (χ1v) is 14.1. The number of carboxylic acids is 1. The Hall–Kier alpha value is -4.18. The van der Waals surface area contributed by atoms with Crippen LogP contribution >= 0.6 is 11.3 Å². The number of carbonyl (C=O) groups is 1. The second-order valence-electron chi connectivity index (χ2n) is 8.66. The van der Waals surface area contributed by atoms with Crippen LogP contribution in [0.3, 0.4) is 0 Å². The van der Waals surface area contributed by atoms with Crippen molar-refractivity contribution >= 4 is 49.4 Å². The van der Waals surface area contributed by atoms with Crippen LogP contribution in [0.15, 0.2) is 66.8 Å². The average Bonchev–Trinajstić information content (AvgIpc) is 3.59. The number of unbranched alkanes of at least 4 members (excludes halogenated alkanes) is 1. The van der Waals surface area contributed by atoms with Crippen LogP contribution in [0.2, 0.25) is 0 Å². The largest absolute Gasteiger partial charge is 0.748 e. The highest BCUT2D eigenvalue weighted by Gasteiger charge is 2.30. The Morgan fingerprint density at radius 3 is 2.68 bits per heavy atom. The number of fused-ring (bicyclic) bond motifs is 2. The molecule has 0 atom stereocenters. The minimum atomic E-state index is -4.31. The van der Waals surface area contributed by atoms with Gasteiger partial charge in [0.15, 0.2) is 5.75 Å². The highest BCUT2D eigenvalue weighted by Crippen LogP contribution is 2.41. The molecule has 0 saturated carbocycles. The number of carboxylic acid groups (broad SMARTS) is 1. The van der Waals surface area contributed by atoms with E-state index in [1.165, 1.54) is 11.3 Å². The van der Waals surface area contributed by atoms with Gasteiger partial charge in [-0.1, -0.05) is 11.3 Å². The van der Waals surface area contributed by atoms with Crippen molar-refractivity contribution in [1.29, 1.82) is 5.26 Å². The molecule has 0 aliphatic carbocycles. The number of benzene rings is 2. The van der Waals surface area contributed by atoms with Gasteiger partial charge in [-0.15, -0.1) is 0 Å². The summed E-state index contributed by atoms with van der Waals surface area (Å²) in [6, 6.07) is 16.7. The normalized spacial score (nSPS) is 14.0. The summed E-state index contributed by atoms with van der Waals surface area (Å²) in [7, 11) is -4.31. The fourth-order valence-corrected chi connectivity index (χ4v) is 5.95. The summed E-state index contributed by atoms with van der Waals surface area (Å²) in [6.45, 7) is 0.0754. The molecule has 0 spiro atoms. The lowest BCUT2D eigenvalue weighted by Gasteiger charge is -2.19. The van der Waals surface area contributed by atoms with Gasteiger partial charge in [0, 0.05) is 36.4 Å². The van der Waals surface area contributed by atoms with E-state index in [0.717, 1.165) is 16.1 Å². The molecule has 0 bridgehead atoms. The predicted molar refractivity (Wildman–Crippen MR) is 140 cm³/mol. The topological polar surface area (TPSA) is 140 Å². The van der Waals surface area contributed by atoms with E-state index in [1.54, 1.807) is 28.8 Å². The minimum absolute atomic E-state index is 0.196. The van der Waals surface area contributed by atoms with Crippen molar-refractivity contribution in [1.82, 2.24) is 4.57 Å². The van der Waals surface area contributed by atoms with Gasteiger partial charge in [0.25, 0.3) is 5.01 Å². The predicted octanol–water partition coefficient (Wildman–Crippen LogP) is 3.46. The number of aliphatic carboxylic acids is 1. The molecule has 10 nitrogen and oxygen atoms in total. The van der Waals surface area contributed by atoms with Gasteiger partial charge in [0.1, 0.15) is 4.70 Å². The van der Waals surface area contributed by atoms with E-state index in [1.807, 2.05) is 52.2 Å². The van der Waals surface area contributed by atoms with Crippen LogP contribution in [0.5, 0.6) is 5.75 Å². The van der Waals surface area contributed by atoms with Gasteiger partial charge in [0.05, 0.1) is 33.5 Å². The first-order valence-electron chi connectivity index (χ1n) is 11.7. The zero-order valence-electron chi connectivity index (χ0n) is 20.0. The maximum Gasteiger partial charge on any atom is 0.370 e. The van der Waals surface area contributed by atoms with Crippen LogP contribution in [0.25, 0.3) is 22.0 Å². The molecule has 1 aliphatic heterocycles. The fraction of sp³-hybridized carbons (Fsp3) is 0.192. The molecule has 4 aromatic rings. The van der Waals surface area contributed by atoms with Crippen molar-refractivity contribution in [3.63, 3.8) is 0 Å². The number of hydrogen-bond donors (Lipinski definition) is 1. The number of nitriles is 1. The SMILES string of the molecule is N#Cc1ccc2sc(C=C3Oc4ccc(-n5cccc5)cc4N3CCCCS(=O)(=O)[O-])[n+](CC(=O)O)c2c1. The number of nitrogens with zero attached hydrogens (tertiary/aromatic N) is 4. The van der Waals surface area contributed by atoms with Crippen molar-refractivity contribution in [3.8, 4) is 17.5 Å². The van der Waals surface area contributed by atoms with Gasteiger partial charge in [0.2, 0.25) is 17.9 Å². The Morgan fingerprint density at radius 2 is 1.97 bits per heavy atom. The zero-order chi connectivity index (χ0) is 26.9. The van der Waals surface area contributed by atoms with E-state index in [4.69, 9.17) is 4.74 Å². The van der Waals surface area contributed by atoms with Gasteiger partial charge in [-0.3, -0.25) is 0 Å². The van der Waals surface area contributed by atoms with Crippen LogP contribution in [0.1, 0.15) is 23.4 Å². The molecule has 1 N–H and O–H groups in total.